The van der Waals surface area contributed by atoms with Gasteiger partial charge in [0.15, 0.2) is 6.10 Å². The standard InChI is InChI=1S/C26H33NO5S/c1-19(24(28)20-12-14-22(15-13-20)26(2,3)4)32-25(29)21-10-9-11-23(18-21)33(30,31)27-16-7-5-6-8-17-27/h9-15,18-19H,5-8,16-17H2,1-4H3/t19-/m1/s1. The molecule has 0 bridgehead atoms. The number of nitrogens with zero attached hydrogens (tertiary/aromatic N) is 1. The molecule has 0 amide bonds. The summed E-state index contributed by atoms with van der Waals surface area (Å²) in [6.07, 6.45) is 2.70. The van der Waals surface area contributed by atoms with Crippen LogP contribution >= 0.6 is 0 Å². The zero-order valence-electron chi connectivity index (χ0n) is 19.8. The van der Waals surface area contributed by atoms with Gasteiger partial charge in [0.2, 0.25) is 15.8 Å². The van der Waals surface area contributed by atoms with Crippen molar-refractivity contribution in [3.8, 4) is 0 Å². The minimum absolute atomic E-state index is 0.0294. The minimum Gasteiger partial charge on any atom is -0.451 e. The maximum Gasteiger partial charge on any atom is 0.338 e. The van der Waals surface area contributed by atoms with Crippen molar-refractivity contribution in [3.63, 3.8) is 0 Å². The lowest BCUT2D eigenvalue weighted by Crippen LogP contribution is -2.32. The Morgan fingerprint density at radius 3 is 2.09 bits per heavy atom. The number of esters is 1. The molecule has 0 N–H and O–H groups in total. The summed E-state index contributed by atoms with van der Waals surface area (Å²) < 4.78 is 33.0. The molecule has 1 fully saturated rings. The molecule has 0 spiro atoms. The first kappa shape index (κ1) is 25.1. The van der Waals surface area contributed by atoms with E-state index >= 15 is 0 Å². The van der Waals surface area contributed by atoms with Crippen LogP contribution in [-0.4, -0.2) is 43.7 Å². The van der Waals surface area contributed by atoms with Crippen LogP contribution in [0.1, 0.15) is 79.7 Å². The number of ketones is 1. The van der Waals surface area contributed by atoms with Crippen LogP contribution in [0, 0.1) is 0 Å². The molecule has 0 saturated carbocycles. The average molecular weight is 472 g/mol. The fraction of sp³-hybridized carbons (Fsp3) is 0.462. The fourth-order valence-corrected chi connectivity index (χ4v) is 5.43. The zero-order valence-corrected chi connectivity index (χ0v) is 20.7. The van der Waals surface area contributed by atoms with E-state index in [9.17, 15) is 18.0 Å². The number of Topliss-reactive ketones (excluding diaryl/α,β-unsaturated/α-hetero) is 1. The maximum atomic E-state index is 13.0. The monoisotopic (exact) mass is 471 g/mol. The van der Waals surface area contributed by atoms with Crippen molar-refractivity contribution in [2.75, 3.05) is 13.1 Å². The van der Waals surface area contributed by atoms with E-state index in [1.807, 2.05) is 12.1 Å². The number of hydrogen-bond donors (Lipinski definition) is 0. The van der Waals surface area contributed by atoms with Crippen molar-refractivity contribution in [1.82, 2.24) is 4.31 Å². The SMILES string of the molecule is C[C@@H](OC(=O)c1cccc(S(=O)(=O)N2CCCCCC2)c1)C(=O)c1ccc(C(C)(C)C)cc1. The fourth-order valence-electron chi connectivity index (χ4n) is 3.87. The summed E-state index contributed by atoms with van der Waals surface area (Å²) in [4.78, 5) is 25.5. The predicted octanol–water partition coefficient (Wildman–Crippen LogP) is 4.98. The molecule has 33 heavy (non-hydrogen) atoms. The van der Waals surface area contributed by atoms with Crippen LogP contribution in [0.3, 0.4) is 0 Å². The lowest BCUT2D eigenvalue weighted by Gasteiger charge is -2.20. The third kappa shape index (κ3) is 6.09. The molecular formula is C26H33NO5S. The minimum atomic E-state index is -3.69. The van der Waals surface area contributed by atoms with E-state index < -0.39 is 22.1 Å². The predicted molar refractivity (Wildman–Crippen MR) is 128 cm³/mol. The molecule has 2 aromatic carbocycles. The molecule has 178 valence electrons. The second-order valence-electron chi connectivity index (χ2n) is 9.59. The van der Waals surface area contributed by atoms with Gasteiger partial charge in [-0.2, -0.15) is 4.31 Å². The summed E-state index contributed by atoms with van der Waals surface area (Å²) in [5, 5.41) is 0. The number of sulfonamides is 1. The van der Waals surface area contributed by atoms with E-state index in [1.165, 1.54) is 35.5 Å². The first-order valence-corrected chi connectivity index (χ1v) is 12.9. The first-order valence-electron chi connectivity index (χ1n) is 11.5. The molecule has 7 heteroatoms. The third-order valence-corrected chi connectivity index (χ3v) is 7.86. The molecule has 1 aliphatic rings. The molecule has 6 nitrogen and oxygen atoms in total. The lowest BCUT2D eigenvalue weighted by atomic mass is 9.86. The van der Waals surface area contributed by atoms with Crippen molar-refractivity contribution in [1.29, 1.82) is 0 Å². The van der Waals surface area contributed by atoms with Gasteiger partial charge in [-0.3, -0.25) is 4.79 Å². The smallest absolute Gasteiger partial charge is 0.338 e. The second-order valence-corrected chi connectivity index (χ2v) is 11.5. The van der Waals surface area contributed by atoms with Crippen LogP contribution < -0.4 is 0 Å². The Morgan fingerprint density at radius 1 is 0.909 bits per heavy atom. The average Bonchev–Trinajstić information content (AvgIpc) is 3.08. The van der Waals surface area contributed by atoms with Gasteiger partial charge >= 0.3 is 5.97 Å². The van der Waals surface area contributed by atoms with E-state index in [4.69, 9.17) is 4.74 Å². The summed E-state index contributed by atoms with van der Waals surface area (Å²) in [5.74, 6) is -1.03. The van der Waals surface area contributed by atoms with E-state index in [1.54, 1.807) is 12.1 Å². The second kappa shape index (κ2) is 10.2. The largest absolute Gasteiger partial charge is 0.451 e. The summed E-state index contributed by atoms with van der Waals surface area (Å²) in [6, 6.07) is 13.1. The van der Waals surface area contributed by atoms with Gasteiger partial charge in [0, 0.05) is 18.7 Å². The van der Waals surface area contributed by atoms with Crippen LogP contribution in [0.5, 0.6) is 0 Å². The van der Waals surface area contributed by atoms with Crippen LogP contribution in [-0.2, 0) is 20.2 Å². The zero-order chi connectivity index (χ0) is 24.2. The molecule has 2 aromatic rings. The van der Waals surface area contributed by atoms with Crippen LogP contribution in [0.25, 0.3) is 0 Å². The van der Waals surface area contributed by atoms with Gasteiger partial charge in [-0.15, -0.1) is 0 Å². The Labute approximate surface area is 197 Å². The Balaban J connectivity index is 1.72. The van der Waals surface area contributed by atoms with E-state index in [0.29, 0.717) is 18.7 Å². The van der Waals surface area contributed by atoms with Gasteiger partial charge in [0.25, 0.3) is 0 Å². The molecule has 0 aliphatic carbocycles. The van der Waals surface area contributed by atoms with Gasteiger partial charge in [-0.25, -0.2) is 13.2 Å². The van der Waals surface area contributed by atoms with Gasteiger partial charge in [0.1, 0.15) is 0 Å². The highest BCUT2D eigenvalue weighted by molar-refractivity contribution is 7.89. The van der Waals surface area contributed by atoms with Gasteiger partial charge in [-0.1, -0.05) is 63.9 Å². The highest BCUT2D eigenvalue weighted by Gasteiger charge is 2.27. The summed E-state index contributed by atoms with van der Waals surface area (Å²) >= 11 is 0. The van der Waals surface area contributed by atoms with Gasteiger partial charge < -0.3 is 4.74 Å². The molecule has 1 saturated heterocycles. The number of hydrogen-bond acceptors (Lipinski definition) is 5. The number of carbonyl (C=O) groups is 2. The molecule has 0 radical (unpaired) electrons. The first-order chi connectivity index (χ1) is 15.5. The maximum absolute atomic E-state index is 13.0. The van der Waals surface area contributed by atoms with Crippen molar-refractivity contribution >= 4 is 21.8 Å². The van der Waals surface area contributed by atoms with Gasteiger partial charge in [0.05, 0.1) is 10.5 Å². The van der Waals surface area contributed by atoms with Crippen LogP contribution in [0.2, 0.25) is 0 Å². The van der Waals surface area contributed by atoms with E-state index in [0.717, 1.165) is 31.2 Å². The van der Waals surface area contributed by atoms with Crippen LogP contribution in [0.4, 0.5) is 0 Å². The molecule has 0 unspecified atom stereocenters. The third-order valence-electron chi connectivity index (χ3n) is 5.96. The normalized spacial score (nSPS) is 16.6. The Kier molecular flexibility index (Phi) is 7.75. The molecule has 1 aliphatic heterocycles. The van der Waals surface area contributed by atoms with E-state index in [-0.39, 0.29) is 21.7 Å². The van der Waals surface area contributed by atoms with Gasteiger partial charge in [-0.05, 0) is 48.9 Å². The summed E-state index contributed by atoms with van der Waals surface area (Å²) in [6.45, 7) is 8.77. The van der Waals surface area contributed by atoms with E-state index in [2.05, 4.69) is 20.8 Å². The molecule has 1 heterocycles. The molecule has 1 atom stereocenters. The topological polar surface area (TPSA) is 80.8 Å². The Morgan fingerprint density at radius 2 is 1.52 bits per heavy atom. The van der Waals surface area contributed by atoms with Crippen molar-refractivity contribution in [2.24, 2.45) is 0 Å². The number of carbonyl (C=O) groups excluding carboxylic acids is 2. The quantitative estimate of drug-likeness (QED) is 0.439. The number of benzene rings is 2. The van der Waals surface area contributed by atoms with Crippen molar-refractivity contribution < 1.29 is 22.7 Å². The molecule has 0 aromatic heterocycles. The highest BCUT2D eigenvalue weighted by Crippen LogP contribution is 2.24. The summed E-state index contributed by atoms with van der Waals surface area (Å²) in [7, 11) is -3.69. The molecule has 3 rings (SSSR count). The van der Waals surface area contributed by atoms with Crippen LogP contribution in [0.15, 0.2) is 53.4 Å². The Bertz CT molecular complexity index is 1090. The number of ether oxygens (including phenoxy) is 1. The summed E-state index contributed by atoms with van der Waals surface area (Å²) in [5.41, 5.74) is 1.64. The van der Waals surface area contributed by atoms with Crippen molar-refractivity contribution in [2.45, 2.75) is 69.8 Å². The molecular weight excluding hydrogens is 438 g/mol. The van der Waals surface area contributed by atoms with Crippen molar-refractivity contribution in [3.05, 3.63) is 65.2 Å². The number of rotatable bonds is 6. The highest BCUT2D eigenvalue weighted by atomic mass is 32.2. The lowest BCUT2D eigenvalue weighted by molar-refractivity contribution is 0.0318. The Hall–Kier alpha value is -2.51.